The number of hydrogen-bond donors (Lipinski definition) is 1. The number of rotatable bonds is 3. The first-order valence-electron chi connectivity index (χ1n) is 4.63. The maximum atomic E-state index is 11.2. The zero-order valence-corrected chi connectivity index (χ0v) is 8.74. The van der Waals surface area contributed by atoms with E-state index in [1.807, 2.05) is 0 Å². The molecule has 1 N–H and O–H groups in total. The lowest BCUT2D eigenvalue weighted by Gasteiger charge is -2.25. The normalized spacial score (nSPS) is 16.3. The molecular weight excluding hydrogens is 198 g/mol. The maximum absolute atomic E-state index is 11.2. The summed E-state index contributed by atoms with van der Waals surface area (Å²) in [4.78, 5) is 32.5. The second-order valence-electron chi connectivity index (χ2n) is 3.41. The van der Waals surface area contributed by atoms with E-state index in [9.17, 15) is 14.5 Å². The molecule has 1 amide bonds. The van der Waals surface area contributed by atoms with Gasteiger partial charge in [0.15, 0.2) is 5.78 Å². The molecule has 0 spiro atoms. The number of Topliss-reactive ketones (excluding diaryl/α,β-unsaturated/α-hetero) is 1. The molecule has 0 aromatic carbocycles. The number of ketones is 1. The number of nitrogens with one attached hydrogen (secondary N) is 1. The smallest absolute Gasteiger partial charge is 0.221 e. The van der Waals surface area contributed by atoms with Crippen molar-refractivity contribution >= 4 is 11.7 Å². The first-order chi connectivity index (χ1) is 7.04. The largest absolute Gasteiger partial charge is 0.328 e. The molecule has 0 saturated heterocycles. The Morgan fingerprint density at radius 2 is 2.07 bits per heavy atom. The van der Waals surface area contributed by atoms with Crippen LogP contribution in [0.4, 0.5) is 0 Å². The van der Waals surface area contributed by atoms with Crippen molar-refractivity contribution in [1.82, 2.24) is 10.3 Å². The fourth-order valence-corrected chi connectivity index (χ4v) is 1.53. The molecule has 0 fully saturated rings. The third-order valence-electron chi connectivity index (χ3n) is 2.19. The third-order valence-corrected chi connectivity index (χ3v) is 2.19. The van der Waals surface area contributed by atoms with Crippen LogP contribution in [0, 0.1) is 4.91 Å². The van der Waals surface area contributed by atoms with E-state index in [4.69, 9.17) is 0 Å². The van der Waals surface area contributed by atoms with Crippen LogP contribution in [0.5, 0.6) is 0 Å². The highest BCUT2D eigenvalue weighted by Crippen LogP contribution is 2.17. The predicted octanol–water partition coefficient (Wildman–Crippen LogP) is 0.353. The highest BCUT2D eigenvalue weighted by atomic mass is 16.3. The van der Waals surface area contributed by atoms with Crippen LogP contribution in [0.15, 0.2) is 16.6 Å². The molecule has 1 aliphatic rings. The van der Waals surface area contributed by atoms with Gasteiger partial charge >= 0.3 is 0 Å². The minimum absolute atomic E-state index is 0.0794. The molecule has 1 heterocycles. The lowest BCUT2D eigenvalue weighted by molar-refractivity contribution is -0.118. The van der Waals surface area contributed by atoms with E-state index in [2.05, 4.69) is 10.6 Å². The Morgan fingerprint density at radius 3 is 2.53 bits per heavy atom. The van der Waals surface area contributed by atoms with Crippen LogP contribution in [0.3, 0.4) is 0 Å². The van der Waals surface area contributed by atoms with Crippen LogP contribution in [0.2, 0.25) is 0 Å². The molecule has 0 aliphatic carbocycles. The van der Waals surface area contributed by atoms with Crippen LogP contribution in [-0.2, 0) is 9.59 Å². The van der Waals surface area contributed by atoms with Crippen LogP contribution in [-0.4, -0.2) is 29.8 Å². The van der Waals surface area contributed by atoms with Crippen molar-refractivity contribution in [2.75, 3.05) is 13.1 Å². The summed E-state index contributed by atoms with van der Waals surface area (Å²) in [5.74, 6) is -0.333. The number of nitrogens with zero attached hydrogens (tertiary/aromatic N) is 2. The quantitative estimate of drug-likeness (QED) is 0.683. The topological polar surface area (TPSA) is 78.8 Å². The van der Waals surface area contributed by atoms with Gasteiger partial charge in [0.05, 0.1) is 11.8 Å². The van der Waals surface area contributed by atoms with E-state index in [-0.39, 0.29) is 18.2 Å². The van der Waals surface area contributed by atoms with Gasteiger partial charge in [-0.2, -0.15) is 0 Å². The van der Waals surface area contributed by atoms with Crippen LogP contribution >= 0.6 is 0 Å². The van der Waals surface area contributed by atoms with Gasteiger partial charge in [-0.25, -0.2) is 0 Å². The zero-order valence-electron chi connectivity index (χ0n) is 8.74. The molecule has 82 valence electrons. The summed E-state index contributed by atoms with van der Waals surface area (Å²) in [6.45, 7) is 3.42. The highest BCUT2D eigenvalue weighted by Gasteiger charge is 2.21. The molecule has 1 rings (SSSR count). The number of carbonyl (C=O) groups excluding carboxylic acids is 2. The summed E-state index contributed by atoms with van der Waals surface area (Å²) < 4.78 is 0. The average Bonchev–Trinajstić information content (AvgIpc) is 2.16. The highest BCUT2D eigenvalue weighted by molar-refractivity contribution is 5.95. The molecule has 0 saturated carbocycles. The molecule has 0 aromatic rings. The summed E-state index contributed by atoms with van der Waals surface area (Å²) in [7, 11) is 0. The number of carbonyl (C=O) groups is 2. The first-order valence-corrected chi connectivity index (χ1v) is 4.63. The molecule has 0 aromatic heterocycles. The van der Waals surface area contributed by atoms with Gasteiger partial charge in [-0.3, -0.25) is 14.6 Å². The Labute approximate surface area is 87.3 Å². The van der Waals surface area contributed by atoms with Crippen molar-refractivity contribution in [3.63, 3.8) is 0 Å². The van der Waals surface area contributed by atoms with E-state index in [1.54, 1.807) is 0 Å². The number of hydrogen-bond acceptors (Lipinski definition) is 4. The van der Waals surface area contributed by atoms with Gasteiger partial charge in [-0.05, 0) is 13.3 Å². The van der Waals surface area contributed by atoms with Crippen LogP contribution in [0.1, 0.15) is 20.3 Å². The van der Waals surface area contributed by atoms with Crippen LogP contribution in [0.25, 0.3) is 0 Å². The Morgan fingerprint density at radius 1 is 1.40 bits per heavy atom. The van der Waals surface area contributed by atoms with Crippen molar-refractivity contribution in [3.05, 3.63) is 16.2 Å². The van der Waals surface area contributed by atoms with Gasteiger partial charge in [0, 0.05) is 24.7 Å². The van der Waals surface area contributed by atoms with E-state index in [0.717, 1.165) is 0 Å². The molecule has 15 heavy (non-hydrogen) atoms. The minimum atomic E-state index is -0.253. The molecule has 0 unspecified atom stereocenters. The molecular formula is C9H13N3O3. The minimum Gasteiger partial charge on any atom is -0.328 e. The van der Waals surface area contributed by atoms with Crippen molar-refractivity contribution in [3.8, 4) is 0 Å². The predicted molar refractivity (Wildman–Crippen MR) is 53.5 cm³/mol. The Kier molecular flexibility index (Phi) is 3.54. The lowest BCUT2D eigenvalue weighted by atomic mass is 10.0. The average molecular weight is 211 g/mol. The monoisotopic (exact) mass is 211 g/mol. The fourth-order valence-electron chi connectivity index (χ4n) is 1.53. The summed E-state index contributed by atoms with van der Waals surface area (Å²) >= 11 is 0. The molecule has 0 atom stereocenters. The molecule has 1 aliphatic heterocycles. The molecule has 6 nitrogen and oxygen atoms in total. The second-order valence-corrected chi connectivity index (χ2v) is 3.41. The lowest BCUT2D eigenvalue weighted by Crippen LogP contribution is -2.36. The van der Waals surface area contributed by atoms with Crippen LogP contribution < -0.4 is 5.32 Å². The van der Waals surface area contributed by atoms with E-state index in [1.165, 1.54) is 18.9 Å². The zero-order chi connectivity index (χ0) is 11.4. The van der Waals surface area contributed by atoms with E-state index < -0.39 is 0 Å². The summed E-state index contributed by atoms with van der Waals surface area (Å²) in [6, 6.07) is 0. The second kappa shape index (κ2) is 4.68. The summed E-state index contributed by atoms with van der Waals surface area (Å²) in [5.41, 5.74) is 1.06. The van der Waals surface area contributed by atoms with Gasteiger partial charge in [-0.15, -0.1) is 4.91 Å². The SMILES string of the molecule is CC(=O)NC1=C(C(C)=O)CCN(N=O)C1. The fraction of sp³-hybridized carbons (Fsp3) is 0.556. The number of amides is 1. The van der Waals surface area contributed by atoms with E-state index in [0.29, 0.717) is 24.2 Å². The van der Waals surface area contributed by atoms with Gasteiger partial charge in [-0.1, -0.05) is 0 Å². The van der Waals surface area contributed by atoms with Gasteiger partial charge in [0.2, 0.25) is 5.91 Å². The van der Waals surface area contributed by atoms with E-state index >= 15 is 0 Å². The van der Waals surface area contributed by atoms with Crippen molar-refractivity contribution in [2.45, 2.75) is 20.3 Å². The van der Waals surface area contributed by atoms with Gasteiger partial charge in [0.25, 0.3) is 0 Å². The van der Waals surface area contributed by atoms with Crippen molar-refractivity contribution in [2.24, 2.45) is 5.29 Å². The summed E-state index contributed by atoms with van der Waals surface area (Å²) in [5, 5.41) is 6.62. The number of nitroso groups, excluding NO2 is 1. The molecule has 6 heteroatoms. The molecule has 0 radical (unpaired) electrons. The molecule has 0 bridgehead atoms. The first kappa shape index (κ1) is 11.4. The standard InChI is InChI=1S/C9H13N3O3/c1-6(13)8-3-4-12(11-15)5-9(8)10-7(2)14/h3-5H2,1-2H3,(H,10,14). The van der Waals surface area contributed by atoms with Gasteiger partial charge < -0.3 is 5.32 Å². The van der Waals surface area contributed by atoms with Crippen molar-refractivity contribution < 1.29 is 9.59 Å². The Balaban J connectivity index is 2.91. The Hall–Kier alpha value is -1.72. The third kappa shape index (κ3) is 2.87. The maximum Gasteiger partial charge on any atom is 0.221 e. The van der Waals surface area contributed by atoms with Crippen molar-refractivity contribution in [1.29, 1.82) is 0 Å². The Bertz CT molecular complexity index is 335. The summed E-state index contributed by atoms with van der Waals surface area (Å²) in [6.07, 6.45) is 0.441. The van der Waals surface area contributed by atoms with Gasteiger partial charge in [0.1, 0.15) is 0 Å².